The van der Waals surface area contributed by atoms with Crippen LogP contribution in [0.4, 0.5) is 17.1 Å². The molecule has 0 fully saturated rings. The monoisotopic (exact) mass is 850 g/mol. The molecule has 0 bridgehead atoms. The number of hydrogen-bond donors (Lipinski definition) is 0. The molecule has 2 heterocycles. The van der Waals surface area contributed by atoms with Gasteiger partial charge in [0.25, 0.3) is 0 Å². The molecule has 0 amide bonds. The molecule has 0 radical (unpaired) electrons. The molecule has 12 rings (SSSR count). The molecular weight excluding hydrogens is 809 g/mol. The van der Waals surface area contributed by atoms with E-state index in [1.54, 1.807) is 0 Å². The smallest absolute Gasteiger partial charge is 0.179 e. The Morgan fingerprint density at radius 3 is 1.27 bits per heavy atom. The van der Waals surface area contributed by atoms with Crippen LogP contribution in [-0.4, -0.2) is 12.6 Å². The lowest BCUT2D eigenvalue weighted by Gasteiger charge is -2.34. The number of hydrogen-bond acceptors (Lipinski definition) is 2. The summed E-state index contributed by atoms with van der Waals surface area (Å²) >= 11 is 1.85. The van der Waals surface area contributed by atoms with Gasteiger partial charge in [0, 0.05) is 53.7 Å². The van der Waals surface area contributed by atoms with E-state index in [9.17, 15) is 0 Å². The maximum Gasteiger partial charge on any atom is 0.179 e. The van der Waals surface area contributed by atoms with Gasteiger partial charge in [-0.05, 0) is 105 Å². The molecule has 0 aliphatic rings. The van der Waals surface area contributed by atoms with Gasteiger partial charge in [-0.3, -0.25) is 0 Å². The lowest BCUT2D eigenvalue weighted by atomic mass is 10.0. The maximum absolute atomic E-state index is 2.61. The molecule has 0 saturated heterocycles. The summed E-state index contributed by atoms with van der Waals surface area (Å²) < 4.78 is 4.99. The molecule has 10 aromatic carbocycles. The van der Waals surface area contributed by atoms with Crippen LogP contribution < -0.4 is 25.6 Å². The third-order valence-electron chi connectivity index (χ3n) is 13.0. The Morgan fingerprint density at radius 2 is 0.719 bits per heavy atom. The number of thiophene rings is 1. The van der Waals surface area contributed by atoms with E-state index < -0.39 is 8.07 Å². The molecule has 2 aromatic heterocycles. The van der Waals surface area contributed by atoms with Crippen molar-refractivity contribution in [1.82, 2.24) is 4.57 Å². The average Bonchev–Trinajstić information content (AvgIpc) is 3.92. The second-order valence-electron chi connectivity index (χ2n) is 16.5. The quantitative estimate of drug-likeness (QED) is 0.104. The lowest BCUT2D eigenvalue weighted by molar-refractivity contribution is 1.17. The molecule has 2 nitrogen and oxygen atoms in total. The van der Waals surface area contributed by atoms with E-state index in [0.717, 1.165) is 22.7 Å². The van der Waals surface area contributed by atoms with Gasteiger partial charge in [-0.25, -0.2) is 0 Å². The van der Waals surface area contributed by atoms with Crippen LogP contribution in [0.1, 0.15) is 0 Å². The van der Waals surface area contributed by atoms with Crippen molar-refractivity contribution in [2.75, 3.05) is 4.90 Å². The van der Waals surface area contributed by atoms with Gasteiger partial charge < -0.3 is 9.47 Å². The minimum Gasteiger partial charge on any atom is -0.310 e. The minimum atomic E-state index is -2.61. The Bertz CT molecular complexity index is 3430. The van der Waals surface area contributed by atoms with Crippen molar-refractivity contribution in [3.8, 4) is 16.8 Å². The zero-order chi connectivity index (χ0) is 42.5. The highest BCUT2D eigenvalue weighted by molar-refractivity contribution is 7.25. The SMILES string of the molecule is c1ccc([Si](c2ccccc2)(c2ccccc2)c2ccc(-c3ccc(N(c4ccc(-n5c6ccccc6c6ccccc65)cc4)c4ccc5sc6ccccc6c5c4)cc3)cc2)cc1. The highest BCUT2D eigenvalue weighted by Gasteiger charge is 2.41. The predicted octanol–water partition coefficient (Wildman–Crippen LogP) is 13.7. The fraction of sp³-hybridized carbons (Fsp3) is 0. The van der Waals surface area contributed by atoms with E-state index in [1.165, 1.54) is 73.9 Å². The highest BCUT2D eigenvalue weighted by atomic mass is 32.1. The summed E-state index contributed by atoms with van der Waals surface area (Å²) in [5, 5.41) is 10.6. The maximum atomic E-state index is 2.40. The van der Waals surface area contributed by atoms with E-state index in [2.05, 4.69) is 264 Å². The first-order chi connectivity index (χ1) is 31.7. The fourth-order valence-corrected chi connectivity index (χ4v) is 15.9. The first-order valence-corrected chi connectivity index (χ1v) is 24.7. The van der Waals surface area contributed by atoms with Crippen LogP contribution in [0.5, 0.6) is 0 Å². The van der Waals surface area contributed by atoms with E-state index in [1.807, 2.05) is 11.3 Å². The Hall–Kier alpha value is -7.76. The molecule has 0 N–H and O–H groups in total. The highest BCUT2D eigenvalue weighted by Crippen LogP contribution is 2.42. The predicted molar refractivity (Wildman–Crippen MR) is 277 cm³/mol. The van der Waals surface area contributed by atoms with Gasteiger partial charge in [-0.15, -0.1) is 11.3 Å². The molecule has 302 valence electrons. The minimum absolute atomic E-state index is 1.10. The van der Waals surface area contributed by atoms with Crippen LogP contribution >= 0.6 is 11.3 Å². The molecule has 0 aliphatic carbocycles. The Kier molecular flexibility index (Phi) is 9.40. The number of anilines is 3. The molecule has 0 unspecified atom stereocenters. The third kappa shape index (κ3) is 6.30. The van der Waals surface area contributed by atoms with Crippen molar-refractivity contribution < 1.29 is 0 Å². The summed E-state index contributed by atoms with van der Waals surface area (Å²) in [4.78, 5) is 2.40. The van der Waals surface area contributed by atoms with Crippen LogP contribution in [0.2, 0.25) is 0 Å². The first kappa shape index (κ1) is 38.0. The van der Waals surface area contributed by atoms with E-state index in [4.69, 9.17) is 0 Å². The van der Waals surface area contributed by atoms with Gasteiger partial charge in [0.2, 0.25) is 0 Å². The van der Waals surface area contributed by atoms with Crippen LogP contribution in [0.25, 0.3) is 58.8 Å². The Morgan fingerprint density at radius 1 is 0.312 bits per heavy atom. The number of fused-ring (bicyclic) bond motifs is 6. The summed E-state index contributed by atoms with van der Waals surface area (Å²) in [6, 6.07) is 94.0. The molecule has 4 heteroatoms. The Labute approximate surface area is 378 Å². The van der Waals surface area contributed by atoms with Crippen LogP contribution in [0, 0.1) is 0 Å². The zero-order valence-electron chi connectivity index (χ0n) is 35.1. The lowest BCUT2D eigenvalue weighted by Crippen LogP contribution is -2.74. The molecule has 12 aromatic rings. The van der Waals surface area contributed by atoms with E-state index in [-0.39, 0.29) is 0 Å². The van der Waals surface area contributed by atoms with Crippen molar-refractivity contribution in [3.63, 3.8) is 0 Å². The van der Waals surface area contributed by atoms with Gasteiger partial charge in [0.1, 0.15) is 0 Å². The van der Waals surface area contributed by atoms with E-state index >= 15 is 0 Å². The number of rotatable bonds is 9. The van der Waals surface area contributed by atoms with Crippen molar-refractivity contribution in [2.45, 2.75) is 0 Å². The van der Waals surface area contributed by atoms with Crippen LogP contribution in [-0.2, 0) is 0 Å². The van der Waals surface area contributed by atoms with Crippen molar-refractivity contribution in [2.24, 2.45) is 0 Å². The number of benzene rings is 10. The topological polar surface area (TPSA) is 8.17 Å². The standard InChI is InChI=1S/C60H42N2SSi/c1-4-16-49(17-5-1)64(50-18-6-2-7-19-50,51-20-8-3-9-21-51)52-39-30-44(31-40-52)43-28-32-45(33-29-43)61(48-38-41-60-56(42-48)55-24-12-15-27-59(55)63-60)46-34-36-47(37-35-46)62-57-25-13-10-22-53(57)54-23-11-14-26-58(54)62/h1-42H. The summed E-state index contributed by atoms with van der Waals surface area (Å²) in [5.41, 5.74) is 9.26. The van der Waals surface area contributed by atoms with Crippen molar-refractivity contribution in [1.29, 1.82) is 0 Å². The average molecular weight is 851 g/mol. The summed E-state index contributed by atoms with van der Waals surface area (Å²) in [7, 11) is -2.61. The molecule has 0 spiro atoms. The third-order valence-corrected chi connectivity index (χ3v) is 18.9. The molecule has 0 atom stereocenters. The van der Waals surface area contributed by atoms with E-state index in [0.29, 0.717) is 0 Å². The number of nitrogens with zero attached hydrogens (tertiary/aromatic N) is 2. The molecular formula is C60H42N2SSi. The summed E-state index contributed by atoms with van der Waals surface area (Å²) in [6.45, 7) is 0. The van der Waals surface area contributed by atoms with Crippen LogP contribution in [0.15, 0.2) is 255 Å². The fourth-order valence-electron chi connectivity index (χ4n) is 10.0. The van der Waals surface area contributed by atoms with Crippen molar-refractivity contribution in [3.05, 3.63) is 255 Å². The number of para-hydroxylation sites is 2. The van der Waals surface area contributed by atoms with Crippen LogP contribution in [0.3, 0.4) is 0 Å². The molecule has 0 saturated carbocycles. The van der Waals surface area contributed by atoms with Gasteiger partial charge in [-0.1, -0.05) is 182 Å². The second kappa shape index (κ2) is 15.9. The number of aromatic nitrogens is 1. The summed E-state index contributed by atoms with van der Waals surface area (Å²) in [6.07, 6.45) is 0. The van der Waals surface area contributed by atoms with Gasteiger partial charge >= 0.3 is 0 Å². The van der Waals surface area contributed by atoms with Gasteiger partial charge in [-0.2, -0.15) is 0 Å². The van der Waals surface area contributed by atoms with Gasteiger partial charge in [0.15, 0.2) is 8.07 Å². The normalized spacial score (nSPS) is 11.8. The largest absolute Gasteiger partial charge is 0.310 e. The molecule has 64 heavy (non-hydrogen) atoms. The zero-order valence-corrected chi connectivity index (χ0v) is 36.9. The molecule has 0 aliphatic heterocycles. The van der Waals surface area contributed by atoms with Gasteiger partial charge in [0.05, 0.1) is 11.0 Å². The summed E-state index contributed by atoms with van der Waals surface area (Å²) in [5.74, 6) is 0. The first-order valence-electron chi connectivity index (χ1n) is 21.9. The second-order valence-corrected chi connectivity index (χ2v) is 21.4. The van der Waals surface area contributed by atoms with Crippen molar-refractivity contribution >= 4 is 99.2 Å². The Balaban J connectivity index is 0.948.